The summed E-state index contributed by atoms with van der Waals surface area (Å²) in [6.07, 6.45) is 5.24. The molecule has 4 heterocycles. The van der Waals surface area contributed by atoms with Crippen LogP contribution in [0.25, 0.3) is 16.9 Å². The molecule has 3 aromatic heterocycles. The van der Waals surface area contributed by atoms with Gasteiger partial charge in [-0.25, -0.2) is 4.98 Å². The van der Waals surface area contributed by atoms with E-state index in [2.05, 4.69) is 44.0 Å². The van der Waals surface area contributed by atoms with Crippen LogP contribution in [0.1, 0.15) is 6.92 Å². The van der Waals surface area contributed by atoms with Gasteiger partial charge in [0.2, 0.25) is 5.95 Å². The summed E-state index contributed by atoms with van der Waals surface area (Å²) in [7, 11) is 1.87. The topological polar surface area (TPSA) is 83.3 Å². The summed E-state index contributed by atoms with van der Waals surface area (Å²) >= 11 is 0. The number of hydrogen-bond donors (Lipinski definition) is 0. The molecule has 1 aliphatic rings. The number of aromatic nitrogens is 5. The van der Waals surface area contributed by atoms with Gasteiger partial charge < -0.3 is 14.7 Å². The van der Waals surface area contributed by atoms with Gasteiger partial charge in [0.15, 0.2) is 17.0 Å². The average Bonchev–Trinajstić information content (AvgIpc) is 3.28. The highest BCUT2D eigenvalue weighted by Gasteiger charge is 2.24. The summed E-state index contributed by atoms with van der Waals surface area (Å²) in [6.45, 7) is 5.21. The van der Waals surface area contributed by atoms with Crippen LogP contribution in [0.15, 0.2) is 61.2 Å². The number of piperazine rings is 1. The number of anilines is 3. The van der Waals surface area contributed by atoms with E-state index in [4.69, 9.17) is 9.97 Å². The van der Waals surface area contributed by atoms with Crippen molar-refractivity contribution >= 4 is 34.4 Å². The van der Waals surface area contributed by atoms with E-state index in [1.165, 1.54) is 5.69 Å². The first-order chi connectivity index (χ1) is 16.1. The number of fused-ring (bicyclic) bond motifs is 1. The zero-order valence-corrected chi connectivity index (χ0v) is 18.8. The molecule has 0 unspecified atom stereocenters. The van der Waals surface area contributed by atoms with Gasteiger partial charge in [-0.1, -0.05) is 18.2 Å². The standard InChI is InChI=1S/C24H26N8O/c1-18(33)16-29(2)22-21-23(32(17-26-21)20-8-10-25-11-9-20)28-24(27-22)31-14-12-30(13-15-31)19-6-4-3-5-7-19/h3-11,17H,12-16H2,1-2H3. The minimum absolute atomic E-state index is 0.0656. The smallest absolute Gasteiger partial charge is 0.229 e. The lowest BCUT2D eigenvalue weighted by atomic mass is 10.2. The molecule has 1 aromatic carbocycles. The normalized spacial score (nSPS) is 14.0. The highest BCUT2D eigenvalue weighted by Crippen LogP contribution is 2.28. The first-order valence-electron chi connectivity index (χ1n) is 11.0. The summed E-state index contributed by atoms with van der Waals surface area (Å²) in [5.41, 5.74) is 3.53. The molecular formula is C24H26N8O. The van der Waals surface area contributed by atoms with Crippen LogP contribution in [0, 0.1) is 0 Å². The Hall–Kier alpha value is -4.01. The number of nitrogens with zero attached hydrogens (tertiary/aromatic N) is 8. The first-order valence-corrected chi connectivity index (χ1v) is 11.0. The van der Waals surface area contributed by atoms with E-state index < -0.39 is 0 Å². The lowest BCUT2D eigenvalue weighted by molar-refractivity contribution is -0.115. The predicted octanol–water partition coefficient (Wildman–Crippen LogP) is 2.56. The number of carbonyl (C=O) groups is 1. The Bertz CT molecular complexity index is 1250. The zero-order chi connectivity index (χ0) is 22.8. The molecule has 9 heteroatoms. The monoisotopic (exact) mass is 442 g/mol. The van der Waals surface area contributed by atoms with Gasteiger partial charge in [-0.15, -0.1) is 0 Å². The maximum Gasteiger partial charge on any atom is 0.229 e. The molecule has 1 fully saturated rings. The second-order valence-electron chi connectivity index (χ2n) is 8.21. The second kappa shape index (κ2) is 8.85. The molecule has 0 atom stereocenters. The number of pyridine rings is 1. The van der Waals surface area contributed by atoms with E-state index in [9.17, 15) is 4.79 Å². The van der Waals surface area contributed by atoms with Crippen molar-refractivity contribution in [3.63, 3.8) is 0 Å². The third kappa shape index (κ3) is 4.21. The predicted molar refractivity (Wildman–Crippen MR) is 129 cm³/mol. The fourth-order valence-electron chi connectivity index (χ4n) is 4.19. The molecule has 0 bridgehead atoms. The third-order valence-corrected chi connectivity index (χ3v) is 5.81. The molecule has 168 valence electrons. The number of carbonyl (C=O) groups excluding carboxylic acids is 1. The third-order valence-electron chi connectivity index (χ3n) is 5.81. The maximum atomic E-state index is 11.8. The summed E-state index contributed by atoms with van der Waals surface area (Å²) in [6, 6.07) is 14.3. The molecule has 0 radical (unpaired) electrons. The minimum Gasteiger partial charge on any atom is -0.368 e. The van der Waals surface area contributed by atoms with Crippen LogP contribution in [-0.4, -0.2) is 70.1 Å². The molecule has 1 saturated heterocycles. The number of ketones is 1. The summed E-state index contributed by atoms with van der Waals surface area (Å²) < 4.78 is 1.94. The van der Waals surface area contributed by atoms with Gasteiger partial charge in [0.05, 0.1) is 12.2 Å². The van der Waals surface area contributed by atoms with Gasteiger partial charge >= 0.3 is 0 Å². The largest absolute Gasteiger partial charge is 0.368 e. The number of imidazole rings is 1. The van der Waals surface area contributed by atoms with E-state index in [0.29, 0.717) is 22.9 Å². The van der Waals surface area contributed by atoms with E-state index in [1.807, 2.05) is 34.7 Å². The molecular weight excluding hydrogens is 416 g/mol. The van der Waals surface area contributed by atoms with E-state index in [-0.39, 0.29) is 12.3 Å². The van der Waals surface area contributed by atoms with Crippen molar-refractivity contribution < 1.29 is 4.79 Å². The Kier molecular flexibility index (Phi) is 5.60. The van der Waals surface area contributed by atoms with Crippen molar-refractivity contribution in [2.75, 3.05) is 54.5 Å². The number of rotatable bonds is 6. The molecule has 0 amide bonds. The molecule has 33 heavy (non-hydrogen) atoms. The van der Waals surface area contributed by atoms with Crippen molar-refractivity contribution in [2.24, 2.45) is 0 Å². The van der Waals surface area contributed by atoms with Crippen LogP contribution in [0.2, 0.25) is 0 Å². The Balaban J connectivity index is 1.51. The van der Waals surface area contributed by atoms with E-state index >= 15 is 0 Å². The number of hydrogen-bond acceptors (Lipinski definition) is 8. The lowest BCUT2D eigenvalue weighted by Crippen LogP contribution is -2.47. The van der Waals surface area contributed by atoms with Gasteiger partial charge in [-0.05, 0) is 31.2 Å². The Morgan fingerprint density at radius 1 is 0.939 bits per heavy atom. The van der Waals surface area contributed by atoms with Crippen molar-refractivity contribution in [2.45, 2.75) is 6.92 Å². The minimum atomic E-state index is 0.0656. The van der Waals surface area contributed by atoms with Crippen LogP contribution in [0.4, 0.5) is 17.5 Å². The van der Waals surface area contributed by atoms with Gasteiger partial charge in [0.1, 0.15) is 12.1 Å². The highest BCUT2D eigenvalue weighted by molar-refractivity contribution is 5.89. The van der Waals surface area contributed by atoms with Gasteiger partial charge in [-0.3, -0.25) is 14.3 Å². The molecule has 9 nitrogen and oxygen atoms in total. The molecule has 1 aliphatic heterocycles. The number of para-hydroxylation sites is 1. The Morgan fingerprint density at radius 2 is 1.64 bits per heavy atom. The first kappa shape index (κ1) is 20.9. The molecule has 0 N–H and O–H groups in total. The van der Waals surface area contributed by atoms with E-state index in [0.717, 1.165) is 31.9 Å². The van der Waals surface area contributed by atoms with E-state index in [1.54, 1.807) is 25.6 Å². The number of benzene rings is 1. The van der Waals surface area contributed by atoms with Crippen LogP contribution in [0.3, 0.4) is 0 Å². The van der Waals surface area contributed by atoms with Crippen LogP contribution < -0.4 is 14.7 Å². The molecule has 0 saturated carbocycles. The van der Waals surface area contributed by atoms with Crippen molar-refractivity contribution in [3.05, 3.63) is 61.2 Å². The van der Waals surface area contributed by atoms with Gasteiger partial charge in [0.25, 0.3) is 0 Å². The average molecular weight is 443 g/mol. The summed E-state index contributed by atoms with van der Waals surface area (Å²) in [5.74, 6) is 1.37. The van der Waals surface area contributed by atoms with Gasteiger partial charge in [0, 0.05) is 51.3 Å². The van der Waals surface area contributed by atoms with Crippen LogP contribution in [0.5, 0.6) is 0 Å². The number of Topliss-reactive ketones (excluding diaryl/α,β-unsaturated/α-hetero) is 1. The second-order valence-corrected chi connectivity index (χ2v) is 8.21. The fourth-order valence-corrected chi connectivity index (χ4v) is 4.19. The molecule has 5 rings (SSSR count). The SMILES string of the molecule is CC(=O)CN(C)c1nc(N2CCN(c3ccccc3)CC2)nc2c1ncn2-c1ccncc1. The van der Waals surface area contributed by atoms with Crippen LogP contribution >= 0.6 is 0 Å². The summed E-state index contributed by atoms with van der Waals surface area (Å²) in [5, 5.41) is 0. The Morgan fingerprint density at radius 3 is 2.33 bits per heavy atom. The fraction of sp³-hybridized carbons (Fsp3) is 0.292. The van der Waals surface area contributed by atoms with Crippen LogP contribution in [-0.2, 0) is 4.79 Å². The van der Waals surface area contributed by atoms with Gasteiger partial charge in [-0.2, -0.15) is 9.97 Å². The lowest BCUT2D eigenvalue weighted by Gasteiger charge is -2.36. The molecule has 0 aliphatic carbocycles. The summed E-state index contributed by atoms with van der Waals surface area (Å²) in [4.78, 5) is 36.7. The number of likely N-dealkylation sites (N-methyl/N-ethyl adjacent to an activating group) is 1. The maximum absolute atomic E-state index is 11.8. The highest BCUT2D eigenvalue weighted by atomic mass is 16.1. The molecule has 4 aromatic rings. The quantitative estimate of drug-likeness (QED) is 0.451. The Labute approximate surface area is 192 Å². The van der Waals surface area contributed by atoms with Crippen molar-refractivity contribution in [1.82, 2.24) is 24.5 Å². The van der Waals surface area contributed by atoms with Crippen molar-refractivity contribution in [3.8, 4) is 5.69 Å². The molecule has 0 spiro atoms. The van der Waals surface area contributed by atoms with Crippen molar-refractivity contribution in [1.29, 1.82) is 0 Å². The zero-order valence-electron chi connectivity index (χ0n) is 18.8.